The first-order valence-electron chi connectivity index (χ1n) is 7.59. The van der Waals surface area contributed by atoms with E-state index in [-0.39, 0.29) is 25.9 Å². The molecule has 1 aromatic heterocycles. The molecule has 134 valence electrons. The molecule has 0 aliphatic rings. The maximum Gasteiger partial charge on any atom is 0.326 e. The Labute approximate surface area is 149 Å². The molecule has 8 nitrogen and oxygen atoms in total. The van der Waals surface area contributed by atoms with Crippen LogP contribution < -0.4 is 5.32 Å². The third kappa shape index (κ3) is 5.84. The summed E-state index contributed by atoms with van der Waals surface area (Å²) in [5.41, 5.74) is 0.745. The highest BCUT2D eigenvalue weighted by Gasteiger charge is 2.20. The summed E-state index contributed by atoms with van der Waals surface area (Å²) < 4.78 is 9.94. The minimum Gasteiger partial charge on any atom is -0.480 e. The van der Waals surface area contributed by atoms with Gasteiger partial charge in [-0.3, -0.25) is 4.79 Å². The Morgan fingerprint density at radius 1 is 1.36 bits per heavy atom. The van der Waals surface area contributed by atoms with E-state index in [0.29, 0.717) is 16.7 Å². The number of nitrogens with zero attached hydrogens (tertiary/aromatic N) is 2. The van der Waals surface area contributed by atoms with Gasteiger partial charge in [-0.15, -0.1) is 0 Å². The largest absolute Gasteiger partial charge is 0.480 e. The monoisotopic (exact) mass is 367 g/mol. The Balaban J connectivity index is 1.87. The van der Waals surface area contributed by atoms with E-state index in [4.69, 9.17) is 26.0 Å². The third-order valence-corrected chi connectivity index (χ3v) is 3.63. The zero-order valence-corrected chi connectivity index (χ0v) is 14.3. The van der Waals surface area contributed by atoms with Crippen LogP contribution in [0.25, 0.3) is 11.4 Å². The number of ether oxygens (including phenoxy) is 1. The fraction of sp³-hybridized carbons (Fsp3) is 0.375. The Kier molecular flexibility index (Phi) is 6.91. The van der Waals surface area contributed by atoms with Crippen molar-refractivity contribution in [3.63, 3.8) is 0 Å². The molecule has 2 N–H and O–H groups in total. The van der Waals surface area contributed by atoms with Crippen LogP contribution in [0.2, 0.25) is 5.02 Å². The molecule has 1 aromatic carbocycles. The summed E-state index contributed by atoms with van der Waals surface area (Å²) in [4.78, 5) is 27.2. The molecule has 0 saturated carbocycles. The van der Waals surface area contributed by atoms with Crippen molar-refractivity contribution in [2.45, 2.75) is 25.3 Å². The van der Waals surface area contributed by atoms with E-state index < -0.39 is 17.9 Å². The van der Waals surface area contributed by atoms with E-state index in [0.717, 1.165) is 5.56 Å². The average Bonchev–Trinajstić information content (AvgIpc) is 3.06. The second-order valence-corrected chi connectivity index (χ2v) is 5.69. The molecule has 0 aliphatic carbocycles. The van der Waals surface area contributed by atoms with E-state index in [2.05, 4.69) is 15.5 Å². The molecular weight excluding hydrogens is 350 g/mol. The summed E-state index contributed by atoms with van der Waals surface area (Å²) >= 11 is 5.83. The van der Waals surface area contributed by atoms with Crippen LogP contribution in [0.1, 0.15) is 18.7 Å². The van der Waals surface area contributed by atoms with Gasteiger partial charge in [0.2, 0.25) is 17.6 Å². The molecule has 1 amide bonds. The number of carboxylic acids is 1. The van der Waals surface area contributed by atoms with Crippen LogP contribution in [-0.4, -0.2) is 46.9 Å². The van der Waals surface area contributed by atoms with Crippen molar-refractivity contribution >= 4 is 23.5 Å². The Morgan fingerprint density at radius 2 is 2.08 bits per heavy atom. The first kappa shape index (κ1) is 18.9. The molecule has 25 heavy (non-hydrogen) atoms. The van der Waals surface area contributed by atoms with Crippen LogP contribution in [0.5, 0.6) is 0 Å². The number of benzene rings is 1. The van der Waals surface area contributed by atoms with Gasteiger partial charge in [-0.2, -0.15) is 4.98 Å². The van der Waals surface area contributed by atoms with Crippen LogP contribution in [0, 0.1) is 0 Å². The number of hydrogen-bond acceptors (Lipinski definition) is 6. The van der Waals surface area contributed by atoms with Crippen LogP contribution in [0.4, 0.5) is 0 Å². The van der Waals surface area contributed by atoms with Crippen molar-refractivity contribution in [3.8, 4) is 11.4 Å². The summed E-state index contributed by atoms with van der Waals surface area (Å²) in [7, 11) is 1.47. The zero-order chi connectivity index (χ0) is 18.2. The number of amides is 1. The number of halogens is 1. The highest BCUT2D eigenvalue weighted by atomic mass is 35.5. The van der Waals surface area contributed by atoms with E-state index in [1.807, 2.05) is 0 Å². The average molecular weight is 368 g/mol. The fourth-order valence-electron chi connectivity index (χ4n) is 2.05. The predicted octanol–water partition coefficient (Wildman–Crippen LogP) is 1.93. The van der Waals surface area contributed by atoms with Crippen molar-refractivity contribution in [1.29, 1.82) is 0 Å². The zero-order valence-electron chi connectivity index (χ0n) is 13.6. The maximum absolute atomic E-state index is 11.9. The van der Waals surface area contributed by atoms with E-state index in [1.165, 1.54) is 7.11 Å². The first-order valence-corrected chi connectivity index (χ1v) is 7.97. The number of carbonyl (C=O) groups is 2. The SMILES string of the molecule is COCCC(NC(=O)CCc1nc(-c2ccc(Cl)cc2)no1)C(=O)O. The lowest BCUT2D eigenvalue weighted by Crippen LogP contribution is -2.41. The Morgan fingerprint density at radius 3 is 2.72 bits per heavy atom. The molecule has 2 aromatic rings. The molecular formula is C16H18ClN3O5. The van der Waals surface area contributed by atoms with Crippen LogP contribution >= 0.6 is 11.6 Å². The second kappa shape index (κ2) is 9.14. The topological polar surface area (TPSA) is 115 Å². The number of aryl methyl sites for hydroxylation is 1. The van der Waals surface area contributed by atoms with Gasteiger partial charge in [0.05, 0.1) is 0 Å². The lowest BCUT2D eigenvalue weighted by Gasteiger charge is -2.13. The predicted molar refractivity (Wildman–Crippen MR) is 89.1 cm³/mol. The second-order valence-electron chi connectivity index (χ2n) is 5.26. The highest BCUT2D eigenvalue weighted by molar-refractivity contribution is 6.30. The van der Waals surface area contributed by atoms with Crippen molar-refractivity contribution in [3.05, 3.63) is 35.2 Å². The lowest BCUT2D eigenvalue weighted by molar-refractivity contribution is -0.142. The van der Waals surface area contributed by atoms with Gasteiger partial charge in [-0.1, -0.05) is 16.8 Å². The van der Waals surface area contributed by atoms with E-state index >= 15 is 0 Å². The standard InChI is InChI=1S/C16H18ClN3O5/c1-24-9-8-12(16(22)23)18-13(21)6-7-14-19-15(20-25-14)10-2-4-11(17)5-3-10/h2-5,12H,6-9H2,1H3,(H,18,21)(H,22,23). The Hall–Kier alpha value is -2.45. The summed E-state index contributed by atoms with van der Waals surface area (Å²) in [5, 5.41) is 16.0. The summed E-state index contributed by atoms with van der Waals surface area (Å²) in [6.45, 7) is 0.241. The summed E-state index contributed by atoms with van der Waals surface area (Å²) in [5.74, 6) is -0.817. The van der Waals surface area contributed by atoms with Gasteiger partial charge in [0, 0.05) is 43.6 Å². The molecule has 1 unspecified atom stereocenters. The number of nitrogens with one attached hydrogen (secondary N) is 1. The molecule has 0 aliphatic heterocycles. The molecule has 0 bridgehead atoms. The van der Waals surface area contributed by atoms with Gasteiger partial charge in [0.25, 0.3) is 0 Å². The van der Waals surface area contributed by atoms with Crippen molar-refractivity contribution in [2.75, 3.05) is 13.7 Å². The maximum atomic E-state index is 11.9. The van der Waals surface area contributed by atoms with Gasteiger partial charge in [-0.25, -0.2) is 4.79 Å². The van der Waals surface area contributed by atoms with Gasteiger partial charge in [-0.05, 0) is 24.3 Å². The van der Waals surface area contributed by atoms with Gasteiger partial charge in [0.15, 0.2) is 0 Å². The van der Waals surface area contributed by atoms with Gasteiger partial charge >= 0.3 is 5.97 Å². The number of carbonyl (C=O) groups excluding carboxylic acids is 1. The molecule has 9 heteroatoms. The Bertz CT molecular complexity index is 717. The first-order chi connectivity index (χ1) is 12.0. The number of hydrogen-bond donors (Lipinski definition) is 2. The van der Waals surface area contributed by atoms with Gasteiger partial charge in [0.1, 0.15) is 6.04 Å². The number of aromatic nitrogens is 2. The van der Waals surface area contributed by atoms with Crippen LogP contribution in [0.15, 0.2) is 28.8 Å². The molecule has 2 rings (SSSR count). The summed E-state index contributed by atoms with van der Waals surface area (Å²) in [6.07, 6.45) is 0.445. The fourth-order valence-corrected chi connectivity index (χ4v) is 2.18. The molecule has 0 fully saturated rings. The molecule has 1 heterocycles. The normalized spacial score (nSPS) is 11.9. The molecule has 1 atom stereocenters. The van der Waals surface area contributed by atoms with Crippen LogP contribution in [0.3, 0.4) is 0 Å². The van der Waals surface area contributed by atoms with Crippen molar-refractivity contribution < 1.29 is 24.0 Å². The number of aliphatic carboxylic acids is 1. The quantitative estimate of drug-likeness (QED) is 0.695. The van der Waals surface area contributed by atoms with Crippen molar-refractivity contribution in [2.24, 2.45) is 0 Å². The van der Waals surface area contributed by atoms with Gasteiger partial charge < -0.3 is 19.7 Å². The molecule has 0 radical (unpaired) electrons. The minimum atomic E-state index is -1.10. The highest BCUT2D eigenvalue weighted by Crippen LogP contribution is 2.18. The molecule has 0 saturated heterocycles. The summed E-state index contributed by atoms with van der Waals surface area (Å²) in [6, 6.07) is 5.96. The third-order valence-electron chi connectivity index (χ3n) is 3.38. The number of rotatable bonds is 9. The van der Waals surface area contributed by atoms with Crippen molar-refractivity contribution in [1.82, 2.24) is 15.5 Å². The lowest BCUT2D eigenvalue weighted by atomic mass is 10.2. The number of methoxy groups -OCH3 is 1. The van der Waals surface area contributed by atoms with E-state index in [1.54, 1.807) is 24.3 Å². The smallest absolute Gasteiger partial charge is 0.326 e. The number of carboxylic acid groups (broad SMARTS) is 1. The van der Waals surface area contributed by atoms with Crippen LogP contribution in [-0.2, 0) is 20.7 Å². The molecule has 0 spiro atoms. The minimum absolute atomic E-state index is 0.0407. The van der Waals surface area contributed by atoms with E-state index in [9.17, 15) is 9.59 Å².